The topological polar surface area (TPSA) is 84.5 Å². The molecule has 0 atom stereocenters. The monoisotopic (exact) mass is 464 g/mol. The predicted molar refractivity (Wildman–Crippen MR) is 113 cm³/mol. The number of halogens is 3. The zero-order valence-corrected chi connectivity index (χ0v) is 17.5. The summed E-state index contributed by atoms with van der Waals surface area (Å²) in [6.07, 6.45) is 0.505. The molecule has 0 aromatic heterocycles. The fraction of sp³-hybridized carbons (Fsp3) is 0.136. The Morgan fingerprint density at radius 3 is 2.22 bits per heavy atom. The first-order valence-corrected chi connectivity index (χ1v) is 11.0. The van der Waals surface area contributed by atoms with Gasteiger partial charge in [0.15, 0.2) is 23.2 Å². The van der Waals surface area contributed by atoms with Gasteiger partial charge in [-0.2, -0.15) is 0 Å². The molecule has 3 aromatic carbocycles. The van der Waals surface area contributed by atoms with Crippen molar-refractivity contribution in [1.29, 1.82) is 0 Å². The highest BCUT2D eigenvalue weighted by Crippen LogP contribution is 2.20. The van der Waals surface area contributed by atoms with Gasteiger partial charge < -0.3 is 10.1 Å². The van der Waals surface area contributed by atoms with Crippen LogP contribution in [0.4, 0.5) is 24.5 Å². The summed E-state index contributed by atoms with van der Waals surface area (Å²) < 4.78 is 71.9. The third-order valence-electron chi connectivity index (χ3n) is 4.26. The van der Waals surface area contributed by atoms with Crippen molar-refractivity contribution in [2.24, 2.45) is 0 Å². The normalized spacial score (nSPS) is 11.1. The Kier molecular flexibility index (Phi) is 7.37. The van der Waals surface area contributed by atoms with Crippen LogP contribution >= 0.6 is 0 Å². The maximum atomic E-state index is 13.4. The molecule has 32 heavy (non-hydrogen) atoms. The molecule has 0 fully saturated rings. The van der Waals surface area contributed by atoms with Gasteiger partial charge in [0, 0.05) is 17.8 Å². The van der Waals surface area contributed by atoms with Gasteiger partial charge in [0.05, 0.1) is 11.5 Å². The van der Waals surface area contributed by atoms with E-state index in [1.807, 2.05) is 0 Å². The highest BCUT2D eigenvalue weighted by atomic mass is 32.2. The number of anilines is 2. The molecule has 10 heteroatoms. The van der Waals surface area contributed by atoms with Gasteiger partial charge in [-0.15, -0.1) is 0 Å². The Morgan fingerprint density at radius 2 is 1.53 bits per heavy atom. The first-order chi connectivity index (χ1) is 15.2. The number of hydrogen-bond donors (Lipinski definition) is 2. The minimum absolute atomic E-state index is 0.120. The van der Waals surface area contributed by atoms with Crippen LogP contribution in [-0.2, 0) is 14.8 Å². The molecule has 0 aliphatic heterocycles. The zero-order chi connectivity index (χ0) is 23.1. The van der Waals surface area contributed by atoms with E-state index < -0.39 is 32.4 Å². The quantitative estimate of drug-likeness (QED) is 0.450. The standard InChI is InChI=1S/C22H19F3N2O4S/c23-18-12-11-17(14-20(18)25)32(29,30)27-16-9-7-15(8-10-16)26-22(28)6-3-13-31-21-5-2-1-4-19(21)24/h1-2,4-5,7-12,14,27H,3,6,13H2,(H,26,28). The van der Waals surface area contributed by atoms with Crippen molar-refractivity contribution in [2.45, 2.75) is 17.7 Å². The molecule has 0 spiro atoms. The fourth-order valence-corrected chi connectivity index (χ4v) is 3.75. The van der Waals surface area contributed by atoms with Crippen molar-refractivity contribution in [2.75, 3.05) is 16.6 Å². The highest BCUT2D eigenvalue weighted by Gasteiger charge is 2.16. The summed E-state index contributed by atoms with van der Waals surface area (Å²) in [5.74, 6) is -3.07. The number of benzene rings is 3. The second-order valence-electron chi connectivity index (χ2n) is 6.69. The van der Waals surface area contributed by atoms with E-state index in [1.165, 1.54) is 36.4 Å². The Hall–Kier alpha value is -3.53. The summed E-state index contributed by atoms with van der Waals surface area (Å²) in [5.41, 5.74) is 0.604. The Bertz CT molecular complexity index is 1200. The van der Waals surface area contributed by atoms with Crippen LogP contribution in [0.5, 0.6) is 5.75 Å². The molecule has 3 rings (SSSR count). The highest BCUT2D eigenvalue weighted by molar-refractivity contribution is 7.92. The number of nitrogens with one attached hydrogen (secondary N) is 2. The minimum atomic E-state index is -4.11. The van der Waals surface area contributed by atoms with Gasteiger partial charge in [-0.05, 0) is 61.0 Å². The maximum Gasteiger partial charge on any atom is 0.261 e. The first-order valence-electron chi connectivity index (χ1n) is 9.50. The number of carbonyl (C=O) groups excluding carboxylic acids is 1. The Balaban J connectivity index is 1.49. The van der Waals surface area contributed by atoms with Gasteiger partial charge in [0.1, 0.15) is 0 Å². The van der Waals surface area contributed by atoms with E-state index >= 15 is 0 Å². The molecule has 0 aliphatic carbocycles. The molecular formula is C22H19F3N2O4S. The number of carbonyl (C=O) groups is 1. The van der Waals surface area contributed by atoms with Crippen molar-refractivity contribution in [1.82, 2.24) is 0 Å². The van der Waals surface area contributed by atoms with Crippen LogP contribution in [0.25, 0.3) is 0 Å². The van der Waals surface area contributed by atoms with Crippen molar-refractivity contribution in [3.05, 3.63) is 84.2 Å². The summed E-state index contributed by atoms with van der Waals surface area (Å²) in [4.78, 5) is 11.6. The molecule has 0 bridgehead atoms. The van der Waals surface area contributed by atoms with Crippen molar-refractivity contribution >= 4 is 27.3 Å². The number of ether oxygens (including phenoxy) is 1. The molecule has 0 saturated carbocycles. The first kappa shape index (κ1) is 23.1. The lowest BCUT2D eigenvalue weighted by atomic mass is 10.2. The van der Waals surface area contributed by atoms with Crippen LogP contribution in [0.1, 0.15) is 12.8 Å². The fourth-order valence-electron chi connectivity index (χ4n) is 2.68. The van der Waals surface area contributed by atoms with Crippen LogP contribution in [0, 0.1) is 17.5 Å². The molecular weight excluding hydrogens is 445 g/mol. The van der Waals surface area contributed by atoms with Gasteiger partial charge in [-0.3, -0.25) is 9.52 Å². The van der Waals surface area contributed by atoms with E-state index in [-0.39, 0.29) is 30.4 Å². The van der Waals surface area contributed by atoms with E-state index in [0.29, 0.717) is 18.2 Å². The smallest absolute Gasteiger partial charge is 0.261 e. The number of amides is 1. The summed E-state index contributed by atoms with van der Waals surface area (Å²) in [7, 11) is -4.11. The predicted octanol–water partition coefficient (Wildman–Crippen LogP) is 4.70. The summed E-state index contributed by atoms with van der Waals surface area (Å²) in [5, 5.41) is 2.65. The lowest BCUT2D eigenvalue weighted by Gasteiger charge is -2.10. The van der Waals surface area contributed by atoms with Crippen LogP contribution in [0.15, 0.2) is 71.6 Å². The number of rotatable bonds is 9. The average molecular weight is 464 g/mol. The van der Waals surface area contributed by atoms with Gasteiger partial charge in [0.2, 0.25) is 5.91 Å². The van der Waals surface area contributed by atoms with Crippen molar-refractivity contribution in [3.8, 4) is 5.75 Å². The van der Waals surface area contributed by atoms with Crippen molar-refractivity contribution < 1.29 is 31.1 Å². The van der Waals surface area contributed by atoms with E-state index in [2.05, 4.69) is 10.0 Å². The maximum absolute atomic E-state index is 13.4. The third kappa shape index (κ3) is 6.24. The number of sulfonamides is 1. The average Bonchev–Trinajstić information content (AvgIpc) is 2.75. The summed E-state index contributed by atoms with van der Waals surface area (Å²) in [6, 6.07) is 14.0. The van der Waals surface area contributed by atoms with Gasteiger partial charge in [-0.1, -0.05) is 12.1 Å². The molecule has 3 aromatic rings. The SMILES string of the molecule is O=C(CCCOc1ccccc1F)Nc1ccc(NS(=O)(=O)c2ccc(F)c(F)c2)cc1. The van der Waals surface area contributed by atoms with E-state index in [0.717, 1.165) is 12.1 Å². The van der Waals surface area contributed by atoms with E-state index in [4.69, 9.17) is 4.74 Å². The Labute approximate surface area is 183 Å². The number of para-hydroxylation sites is 1. The van der Waals surface area contributed by atoms with Gasteiger partial charge in [-0.25, -0.2) is 21.6 Å². The second-order valence-corrected chi connectivity index (χ2v) is 8.37. The van der Waals surface area contributed by atoms with Crippen LogP contribution in [0.3, 0.4) is 0 Å². The molecule has 0 unspecified atom stereocenters. The van der Waals surface area contributed by atoms with Crippen LogP contribution in [0.2, 0.25) is 0 Å². The molecule has 1 amide bonds. The molecule has 0 saturated heterocycles. The summed E-state index contributed by atoms with van der Waals surface area (Å²) in [6.45, 7) is 0.166. The minimum Gasteiger partial charge on any atom is -0.491 e. The lowest BCUT2D eigenvalue weighted by molar-refractivity contribution is -0.116. The van der Waals surface area contributed by atoms with Gasteiger partial charge in [0.25, 0.3) is 10.0 Å². The lowest BCUT2D eigenvalue weighted by Crippen LogP contribution is -2.14. The van der Waals surface area contributed by atoms with Crippen LogP contribution < -0.4 is 14.8 Å². The van der Waals surface area contributed by atoms with E-state index in [1.54, 1.807) is 12.1 Å². The molecule has 6 nitrogen and oxygen atoms in total. The zero-order valence-electron chi connectivity index (χ0n) is 16.6. The molecule has 168 valence electrons. The summed E-state index contributed by atoms with van der Waals surface area (Å²) >= 11 is 0. The molecule has 0 aliphatic rings. The largest absolute Gasteiger partial charge is 0.491 e. The molecule has 0 heterocycles. The molecule has 0 radical (unpaired) electrons. The van der Waals surface area contributed by atoms with Gasteiger partial charge >= 0.3 is 0 Å². The molecule has 2 N–H and O–H groups in total. The Morgan fingerprint density at radius 1 is 0.844 bits per heavy atom. The van der Waals surface area contributed by atoms with Crippen molar-refractivity contribution in [3.63, 3.8) is 0 Å². The third-order valence-corrected chi connectivity index (χ3v) is 5.64. The van der Waals surface area contributed by atoms with E-state index in [9.17, 15) is 26.4 Å². The number of hydrogen-bond acceptors (Lipinski definition) is 4. The van der Waals surface area contributed by atoms with Crippen LogP contribution in [-0.4, -0.2) is 20.9 Å². The second kappa shape index (κ2) is 10.2.